The number of aryl methyl sites for hydroxylation is 6. The van der Waals surface area contributed by atoms with E-state index in [0.717, 1.165) is 51.2 Å². The lowest BCUT2D eigenvalue weighted by Crippen LogP contribution is -2.22. The van der Waals surface area contributed by atoms with Crippen molar-refractivity contribution in [1.29, 1.82) is 0 Å². The van der Waals surface area contributed by atoms with Gasteiger partial charge >= 0.3 is 0 Å². The maximum atomic E-state index is 6.04. The second-order valence-corrected chi connectivity index (χ2v) is 43.3. The maximum absolute atomic E-state index is 6.04. The first-order valence-electron chi connectivity index (χ1n) is 44.6. The summed E-state index contributed by atoms with van der Waals surface area (Å²) >= 11 is 0. The molecule has 18 nitrogen and oxygen atoms in total. The second kappa shape index (κ2) is 56.9. The minimum Gasteiger partial charge on any atom is -0.467 e. The number of hydrogen-bond donors (Lipinski definition) is 0. The summed E-state index contributed by atoms with van der Waals surface area (Å²) in [4.78, 5) is 12.9. The number of para-hydroxylation sites is 8. The molecule has 24 heteroatoms. The van der Waals surface area contributed by atoms with E-state index in [2.05, 4.69) is 415 Å². The molecule has 0 heterocycles. The third kappa shape index (κ3) is 35.3. The zero-order valence-electron chi connectivity index (χ0n) is 84.9. The van der Waals surface area contributed by atoms with Gasteiger partial charge < -0.3 is 86.2 Å². The van der Waals surface area contributed by atoms with Crippen molar-refractivity contribution in [1.82, 2.24) is 0 Å². The van der Waals surface area contributed by atoms with Crippen molar-refractivity contribution in [3.05, 3.63) is 287 Å². The quantitative estimate of drug-likeness (QED) is 0.0272. The molecule has 720 valence electrons. The zero-order valence-corrected chi connectivity index (χ0v) is 90.9. The van der Waals surface area contributed by atoms with Crippen molar-refractivity contribution >= 4 is 149 Å². The molecule has 0 aliphatic carbocycles. The molecular formula is C110H148N6O12P6. The molecule has 12 aromatic carbocycles. The number of rotatable bonds is 36. The smallest absolute Gasteiger partial charge is 0.188 e. The highest BCUT2D eigenvalue weighted by molar-refractivity contribution is 7.58. The summed E-state index contributed by atoms with van der Waals surface area (Å²) in [7, 11) is 38.0. The van der Waals surface area contributed by atoms with Crippen molar-refractivity contribution in [2.45, 2.75) is 93.9 Å². The van der Waals surface area contributed by atoms with Crippen molar-refractivity contribution in [2.75, 3.05) is 197 Å². The minimum absolute atomic E-state index is 0.00932. The van der Waals surface area contributed by atoms with Crippen molar-refractivity contribution < 1.29 is 56.8 Å². The van der Waals surface area contributed by atoms with Gasteiger partial charge in [-0.1, -0.05) is 268 Å². The van der Waals surface area contributed by atoms with Gasteiger partial charge in [-0.2, -0.15) is 0 Å². The molecule has 0 spiro atoms. The zero-order chi connectivity index (χ0) is 98.2. The second-order valence-electron chi connectivity index (χ2n) is 35.3. The lowest BCUT2D eigenvalue weighted by Gasteiger charge is -2.26. The number of ether oxygens (including phenoxy) is 12. The van der Waals surface area contributed by atoms with Crippen molar-refractivity contribution in [2.24, 2.45) is 0 Å². The van der Waals surface area contributed by atoms with Gasteiger partial charge in [0.05, 0.1) is 0 Å². The molecule has 0 bridgehead atoms. The van der Waals surface area contributed by atoms with Crippen LogP contribution < -0.4 is 121 Å². The Morgan fingerprint density at radius 3 is 0.843 bits per heavy atom. The highest BCUT2D eigenvalue weighted by atomic mass is 31.1. The Bertz CT molecular complexity index is 5480. The van der Waals surface area contributed by atoms with Gasteiger partial charge in [0.25, 0.3) is 0 Å². The topological polar surface area (TPSA) is 130 Å². The summed E-state index contributed by atoms with van der Waals surface area (Å²) in [5.41, 5.74) is 17.4. The first-order valence-corrected chi connectivity index (χ1v) is 50.6. The average molecular weight is 1930 g/mol. The van der Waals surface area contributed by atoms with E-state index in [0.29, 0.717) is 51.5 Å². The summed E-state index contributed by atoms with van der Waals surface area (Å²) in [5.74, 6) is 5.58. The average Bonchev–Trinajstić information content (AvgIpc) is 0.805. The van der Waals surface area contributed by atoms with E-state index in [1.807, 2.05) is 24.3 Å². The van der Waals surface area contributed by atoms with E-state index in [9.17, 15) is 0 Å². The van der Waals surface area contributed by atoms with Crippen LogP contribution in [0.3, 0.4) is 0 Å². The van der Waals surface area contributed by atoms with Gasteiger partial charge in [0.2, 0.25) is 0 Å². The molecule has 0 radical (unpaired) electrons. The lowest BCUT2D eigenvalue weighted by atomic mass is 9.85. The fourth-order valence-corrected chi connectivity index (χ4v) is 23.2. The Morgan fingerprint density at radius 2 is 0.485 bits per heavy atom. The van der Waals surface area contributed by atoms with Gasteiger partial charge in [0.1, 0.15) is 34.5 Å². The fraction of sp³-hybridized carbons (Fsp3) is 0.345. The van der Waals surface area contributed by atoms with Gasteiger partial charge in [-0.05, 0) is 159 Å². The molecule has 0 aliphatic heterocycles. The van der Waals surface area contributed by atoms with Gasteiger partial charge in [-0.3, -0.25) is 0 Å². The van der Waals surface area contributed by atoms with Crippen LogP contribution in [-0.2, 0) is 39.3 Å². The molecule has 0 saturated heterocycles. The molecule has 134 heavy (non-hydrogen) atoms. The van der Waals surface area contributed by atoms with Crippen LogP contribution in [0.2, 0.25) is 0 Å². The van der Waals surface area contributed by atoms with Gasteiger partial charge in [0.15, 0.2) is 40.8 Å². The first kappa shape index (κ1) is 112. The number of hydrogen-bond acceptors (Lipinski definition) is 18. The molecule has 0 fully saturated rings. The van der Waals surface area contributed by atoms with Crippen LogP contribution in [0.15, 0.2) is 243 Å². The predicted octanol–water partition coefficient (Wildman–Crippen LogP) is 18.6. The van der Waals surface area contributed by atoms with Crippen LogP contribution in [0.4, 0.5) is 34.1 Å². The normalized spacial score (nSPS) is 11.4. The Hall–Kier alpha value is -9.42. The Balaban J connectivity index is 0.000000220. The third-order valence-corrected chi connectivity index (χ3v) is 28.8. The number of benzene rings is 12. The third-order valence-electron chi connectivity index (χ3n) is 20.7. The van der Waals surface area contributed by atoms with E-state index in [1.54, 1.807) is 42.7 Å². The van der Waals surface area contributed by atoms with E-state index < -0.39 is 0 Å². The molecule has 0 aromatic heterocycles. The molecule has 12 aromatic rings. The van der Waals surface area contributed by atoms with E-state index >= 15 is 0 Å². The first-order chi connectivity index (χ1) is 64.0. The number of methoxy groups -OCH3 is 6. The molecule has 6 unspecified atom stereocenters. The van der Waals surface area contributed by atoms with E-state index in [1.165, 1.54) is 126 Å². The molecule has 0 aliphatic rings. The van der Waals surface area contributed by atoms with Gasteiger partial charge in [0, 0.05) is 231 Å². The summed E-state index contributed by atoms with van der Waals surface area (Å²) < 4.78 is 65.3. The monoisotopic (exact) mass is 1930 g/mol. The SMILES string of the molecule is COCOc1c(C)cc(C(C)(C)C)cc1Pc1ccccc1N(C)C.COCOc1c(C)cc(C)cc1Pc1ccccc1N(C)C.COCOc1c(C)cccc1Pc1ccccc1N(C)C.COCOc1c(Pc2ccccc2N(C)C)cc(C)cc1C(C)(C)C.COCOc1ccc(C)cc1Pc1ccccc1N(C)C.COCOc1ccccc1Pc1ccccc1N(C)C. The minimum atomic E-state index is 0.00932. The largest absolute Gasteiger partial charge is 0.467 e. The van der Waals surface area contributed by atoms with Crippen LogP contribution in [-0.4, -0.2) is 168 Å². The molecule has 0 saturated carbocycles. The molecule has 6 atom stereocenters. The van der Waals surface area contributed by atoms with Gasteiger partial charge in [-0.25, -0.2) is 0 Å². The Labute approximate surface area is 813 Å². The van der Waals surface area contributed by atoms with Crippen LogP contribution in [0, 0.1) is 41.5 Å². The lowest BCUT2D eigenvalue weighted by molar-refractivity contribution is 0.0505. The highest BCUT2D eigenvalue weighted by Gasteiger charge is 2.25. The Morgan fingerprint density at radius 1 is 0.216 bits per heavy atom. The van der Waals surface area contributed by atoms with Crippen molar-refractivity contribution in [3.63, 3.8) is 0 Å². The Kier molecular flexibility index (Phi) is 47.4. The van der Waals surface area contributed by atoms with Crippen LogP contribution in [0.1, 0.15) is 86.1 Å². The summed E-state index contributed by atoms with van der Waals surface area (Å²) in [6.07, 6.45) is 0. The molecular weight excluding hydrogens is 1780 g/mol. The van der Waals surface area contributed by atoms with E-state index in [-0.39, 0.29) is 51.6 Å². The van der Waals surface area contributed by atoms with E-state index in [4.69, 9.17) is 56.8 Å². The number of nitrogens with zero attached hydrogens (tertiary/aromatic N) is 6. The van der Waals surface area contributed by atoms with Crippen LogP contribution in [0.5, 0.6) is 34.5 Å². The van der Waals surface area contributed by atoms with Crippen LogP contribution in [0.25, 0.3) is 0 Å². The summed E-state index contributed by atoms with van der Waals surface area (Å²) in [6.45, 7) is 27.7. The summed E-state index contributed by atoms with van der Waals surface area (Å²) in [5, 5.41) is 15.2. The van der Waals surface area contributed by atoms with Gasteiger partial charge in [-0.15, -0.1) is 0 Å². The highest BCUT2D eigenvalue weighted by Crippen LogP contribution is 2.38. The molecule has 12 rings (SSSR count). The molecule has 0 N–H and O–H groups in total. The predicted molar refractivity (Wildman–Crippen MR) is 590 cm³/mol. The van der Waals surface area contributed by atoms with Crippen molar-refractivity contribution in [3.8, 4) is 34.5 Å². The maximum Gasteiger partial charge on any atom is 0.188 e. The fourth-order valence-electron chi connectivity index (χ4n) is 14.2. The standard InChI is InChI=1S/2C21H30NO2P.C18H24NO2P.2C17H22NO2P.C16H20NO2P/c1-15-12-16(21(2,3)4)13-19(20(15)24-14-23-7)25-18-11-9-8-10-17(18)22(5)6;1-15-12-16(21(2,3)4)20(24-14-23-7)19(13-15)25-18-11-9-8-10-17(18)22(5)6;1-13-10-14(2)18(21-12-20-5)17(11-13)22-16-9-7-6-8-15(16)19(3)4;1-13-8-7-11-16(17(13)20-12-19-4)21-15-10-6-5-9-14(15)18(2)3;1-13-9-10-15(20-12-19-4)17(11-13)21-16-8-6-5-7-14(16)18(2)3;1-17(2)13-8-4-6-10-15(13)20-16-11-7-5-9-14(16)19-12-18-3/h2*8-13,25H,14H2,1-7H3;6-11,22H,12H2,1-5H3;2*5-11,21H,12H2,1-4H3;4-11,20H,12H2,1-3H3. The van der Waals surface area contributed by atoms with Crippen LogP contribution >= 0.6 is 51.5 Å². The number of anilines is 6. The summed E-state index contributed by atoms with van der Waals surface area (Å²) in [6, 6.07) is 85.1. The molecule has 0 amide bonds.